The molecule has 82 heavy (non-hydrogen) atoms. The molecule has 0 bridgehead atoms. The molecule has 0 saturated carbocycles. The standard InChI is InChI=1S/C12H16N2.C11H13ClN2.C11H13FN2.2C11H14N2.C10H10Cl2N2/c1-7(2)12-9(4)8(3)5-11-10(12)6-13-14-11;2*1-6(2)11-7(3)9(12)4-10-8(11)5-13-14-10;2*1-7(2)11-8(3)4-5-10-9(11)6-12-13-10;1-5(2)9-6-4-13-14-8(6)3-7(11)10(9)12/h5-7H,1-4H3,(H,13,14);2*4-6H,1-3H3,(H,13,14);2*4-7H,1-3H3,(H,12,13);3-5H,1-2H3,(H,13,14). The van der Waals surface area contributed by atoms with Crippen LogP contribution >= 0.6 is 34.8 Å². The molecule has 432 valence electrons. The van der Waals surface area contributed by atoms with E-state index in [1.165, 1.54) is 72.1 Å². The molecule has 0 saturated heterocycles. The summed E-state index contributed by atoms with van der Waals surface area (Å²) in [5.74, 6) is 2.61. The van der Waals surface area contributed by atoms with E-state index in [1.807, 2.05) is 37.8 Å². The van der Waals surface area contributed by atoms with Gasteiger partial charge in [0.15, 0.2) is 0 Å². The molecule has 12 aromatic rings. The fraction of sp³-hybridized carbons (Fsp3) is 0.364. The van der Waals surface area contributed by atoms with Crippen LogP contribution in [0.4, 0.5) is 4.39 Å². The molecule has 16 heteroatoms. The Balaban J connectivity index is 0.000000142. The number of aromatic nitrogens is 12. The van der Waals surface area contributed by atoms with Gasteiger partial charge in [0, 0.05) is 37.3 Å². The molecule has 0 amide bonds. The van der Waals surface area contributed by atoms with Gasteiger partial charge in [0.2, 0.25) is 0 Å². The van der Waals surface area contributed by atoms with E-state index in [4.69, 9.17) is 34.8 Å². The van der Waals surface area contributed by atoms with Gasteiger partial charge in [-0.2, -0.15) is 30.6 Å². The molecule has 0 unspecified atom stereocenters. The summed E-state index contributed by atoms with van der Waals surface area (Å²) < 4.78 is 13.5. The third-order valence-corrected chi connectivity index (χ3v) is 16.4. The molecule has 0 atom stereocenters. The van der Waals surface area contributed by atoms with E-state index < -0.39 is 0 Å². The Morgan fingerprint density at radius 3 is 0.988 bits per heavy atom. The first-order valence-electron chi connectivity index (χ1n) is 28.2. The van der Waals surface area contributed by atoms with Crippen LogP contribution in [0.3, 0.4) is 0 Å². The molecule has 0 spiro atoms. The van der Waals surface area contributed by atoms with E-state index in [0.717, 1.165) is 71.1 Å². The van der Waals surface area contributed by atoms with E-state index >= 15 is 0 Å². The highest BCUT2D eigenvalue weighted by Crippen LogP contribution is 2.38. The number of fused-ring (bicyclic) bond motifs is 6. The van der Waals surface area contributed by atoms with Crippen molar-refractivity contribution in [3.63, 3.8) is 0 Å². The first-order chi connectivity index (χ1) is 38.8. The number of rotatable bonds is 6. The van der Waals surface area contributed by atoms with Gasteiger partial charge >= 0.3 is 0 Å². The highest BCUT2D eigenvalue weighted by molar-refractivity contribution is 6.43. The van der Waals surface area contributed by atoms with Gasteiger partial charge in [-0.05, 0) is 180 Å². The van der Waals surface area contributed by atoms with Gasteiger partial charge in [-0.15, -0.1) is 0 Å². The van der Waals surface area contributed by atoms with Crippen molar-refractivity contribution in [2.45, 2.75) is 160 Å². The van der Waals surface area contributed by atoms with Gasteiger partial charge in [-0.25, -0.2) is 4.39 Å². The molecule has 12 rings (SSSR count). The number of aromatic amines is 6. The van der Waals surface area contributed by atoms with Crippen molar-refractivity contribution >= 4 is 100 Å². The lowest BCUT2D eigenvalue weighted by atomic mass is 9.92. The number of benzene rings is 6. The number of hydrogen-bond donors (Lipinski definition) is 6. The van der Waals surface area contributed by atoms with Crippen LogP contribution < -0.4 is 0 Å². The second kappa shape index (κ2) is 26.9. The van der Waals surface area contributed by atoms with E-state index in [-0.39, 0.29) is 5.82 Å². The lowest BCUT2D eigenvalue weighted by Crippen LogP contribution is -1.96. The van der Waals surface area contributed by atoms with Crippen LogP contribution in [0, 0.1) is 47.4 Å². The Morgan fingerprint density at radius 1 is 0.317 bits per heavy atom. The monoisotopic (exact) mass is 1160 g/mol. The second-order valence-corrected chi connectivity index (χ2v) is 24.3. The maximum atomic E-state index is 13.5. The van der Waals surface area contributed by atoms with Crippen molar-refractivity contribution < 1.29 is 4.39 Å². The molecule has 6 heterocycles. The van der Waals surface area contributed by atoms with E-state index in [9.17, 15) is 4.39 Å². The quantitative estimate of drug-likeness (QED) is 0.0967. The highest BCUT2D eigenvalue weighted by Gasteiger charge is 2.18. The fourth-order valence-corrected chi connectivity index (χ4v) is 12.2. The van der Waals surface area contributed by atoms with Crippen LogP contribution in [0.25, 0.3) is 65.4 Å². The number of halogens is 4. The summed E-state index contributed by atoms with van der Waals surface area (Å²) in [6, 6.07) is 15.9. The van der Waals surface area contributed by atoms with E-state index in [0.29, 0.717) is 45.6 Å². The highest BCUT2D eigenvalue weighted by atomic mass is 35.5. The number of nitrogens with one attached hydrogen (secondary N) is 6. The summed E-state index contributed by atoms with van der Waals surface area (Å²) in [5, 5.41) is 50.9. The van der Waals surface area contributed by atoms with E-state index in [1.54, 1.807) is 18.5 Å². The summed E-state index contributed by atoms with van der Waals surface area (Å²) >= 11 is 18.3. The van der Waals surface area contributed by atoms with Crippen molar-refractivity contribution in [3.05, 3.63) is 173 Å². The lowest BCUT2D eigenvalue weighted by molar-refractivity contribution is 0.615. The van der Waals surface area contributed by atoms with Gasteiger partial charge in [0.05, 0.1) is 80.3 Å². The van der Waals surface area contributed by atoms with Gasteiger partial charge in [-0.3, -0.25) is 30.6 Å². The second-order valence-electron chi connectivity index (χ2n) is 23.1. The summed E-state index contributed by atoms with van der Waals surface area (Å²) in [4.78, 5) is 0. The SMILES string of the molecule is CC(C)c1c(Cl)c(Cl)cc2[nH]ncc12.Cc1c(Cl)cc2[nH]ncc2c1C(C)C.Cc1c(F)cc2[nH]ncc2c1C(C)C.Cc1cc2[nH]ncc2c(C(C)C)c1C.Cc1ccc2[nH]ncc2c1C(C)C.Cc1ccc2[nH]ncc2c1C(C)C. The normalized spacial score (nSPS) is 11.5. The topological polar surface area (TPSA) is 172 Å². The van der Waals surface area contributed by atoms with Crippen LogP contribution in [-0.2, 0) is 0 Å². The van der Waals surface area contributed by atoms with Crippen molar-refractivity contribution in [2.75, 3.05) is 0 Å². The Hall–Kier alpha value is -7.06. The van der Waals surface area contributed by atoms with Crippen molar-refractivity contribution in [3.8, 4) is 0 Å². The first-order valence-corrected chi connectivity index (χ1v) is 29.3. The van der Waals surface area contributed by atoms with Crippen molar-refractivity contribution in [1.29, 1.82) is 0 Å². The van der Waals surface area contributed by atoms with Crippen LogP contribution in [0.2, 0.25) is 15.1 Å². The molecular weight excluding hydrogens is 1090 g/mol. The Labute approximate surface area is 496 Å². The number of H-pyrrole nitrogens is 6. The molecule has 0 aliphatic rings. The Bertz CT molecular complexity index is 3660. The van der Waals surface area contributed by atoms with Crippen LogP contribution in [0.15, 0.2) is 85.7 Å². The smallest absolute Gasteiger partial charge is 0.128 e. The van der Waals surface area contributed by atoms with Gasteiger partial charge in [0.25, 0.3) is 0 Å². The van der Waals surface area contributed by atoms with Gasteiger partial charge in [0.1, 0.15) is 5.82 Å². The molecule has 12 nitrogen and oxygen atoms in total. The van der Waals surface area contributed by atoms with Gasteiger partial charge in [-0.1, -0.05) is 130 Å². The zero-order chi connectivity index (χ0) is 60.0. The van der Waals surface area contributed by atoms with Crippen molar-refractivity contribution in [1.82, 2.24) is 61.2 Å². The summed E-state index contributed by atoms with van der Waals surface area (Å²) in [5.41, 5.74) is 21.1. The average molecular weight is 1170 g/mol. The van der Waals surface area contributed by atoms with E-state index in [2.05, 4.69) is 209 Å². The summed E-state index contributed by atoms with van der Waals surface area (Å²) in [6.07, 6.45) is 11.2. The average Bonchev–Trinajstić information content (AvgIpc) is 4.39. The predicted octanol–water partition coefficient (Wildman–Crippen LogP) is 20.1. The number of aryl methyl sites for hydroxylation is 3. The maximum Gasteiger partial charge on any atom is 0.128 e. The van der Waals surface area contributed by atoms with Crippen LogP contribution in [0.5, 0.6) is 0 Å². The minimum absolute atomic E-state index is 0.162. The molecule has 0 radical (unpaired) electrons. The van der Waals surface area contributed by atoms with Crippen molar-refractivity contribution in [2.24, 2.45) is 0 Å². The molecule has 6 N–H and O–H groups in total. The molecular formula is C66H80Cl3FN12. The molecule has 0 fully saturated rings. The zero-order valence-electron chi connectivity index (χ0n) is 50.7. The van der Waals surface area contributed by atoms with Crippen LogP contribution in [-0.4, -0.2) is 61.2 Å². The Kier molecular flexibility index (Phi) is 20.5. The fourth-order valence-electron chi connectivity index (χ4n) is 11.4. The molecule has 0 aliphatic heterocycles. The molecule has 6 aromatic carbocycles. The largest absolute Gasteiger partial charge is 0.278 e. The number of hydrogen-bond acceptors (Lipinski definition) is 6. The maximum absolute atomic E-state index is 13.5. The summed E-state index contributed by atoms with van der Waals surface area (Å²) in [7, 11) is 0. The third-order valence-electron chi connectivity index (χ3n) is 15.2. The predicted molar refractivity (Wildman–Crippen MR) is 345 cm³/mol. The zero-order valence-corrected chi connectivity index (χ0v) is 53.0. The minimum atomic E-state index is -0.162. The summed E-state index contributed by atoms with van der Waals surface area (Å²) in [6.45, 7) is 38.5. The molecule has 0 aliphatic carbocycles. The van der Waals surface area contributed by atoms with Crippen LogP contribution in [0.1, 0.15) is 185 Å². The van der Waals surface area contributed by atoms with Gasteiger partial charge < -0.3 is 0 Å². The third kappa shape index (κ3) is 13.5. The number of nitrogens with zero attached hydrogens (tertiary/aromatic N) is 6. The minimum Gasteiger partial charge on any atom is -0.278 e. The first kappa shape index (κ1) is 62.5. The molecule has 6 aromatic heterocycles. The lowest BCUT2D eigenvalue weighted by Gasteiger charge is -2.13. The Morgan fingerprint density at radius 2 is 0.610 bits per heavy atom.